The van der Waals surface area contributed by atoms with Crippen molar-refractivity contribution in [3.8, 4) is 11.3 Å². The van der Waals surface area contributed by atoms with Crippen LogP contribution in [0.1, 0.15) is 28.5 Å². The number of hydrogen-bond acceptors (Lipinski definition) is 3. The number of H-pyrrole nitrogens is 1. The van der Waals surface area contributed by atoms with Crippen molar-refractivity contribution >= 4 is 11.6 Å². The number of aromatic nitrogens is 2. The lowest BCUT2D eigenvalue weighted by atomic mass is 10.1. The lowest BCUT2D eigenvalue weighted by molar-refractivity contribution is 0.0950. The average Bonchev–Trinajstić information content (AvgIpc) is 3.11. The molecule has 2 N–H and O–H groups in total. The molecule has 0 bridgehead atoms. The molecular weight excluding hydrogens is 319 g/mol. The van der Waals surface area contributed by atoms with Crippen LogP contribution in [-0.2, 0) is 0 Å². The zero-order valence-corrected chi connectivity index (χ0v) is 13.9. The summed E-state index contributed by atoms with van der Waals surface area (Å²) in [6, 6.07) is 15.4. The molecule has 126 valence electrons. The van der Waals surface area contributed by atoms with E-state index in [4.69, 9.17) is 0 Å². The van der Waals surface area contributed by atoms with Crippen molar-refractivity contribution in [3.05, 3.63) is 77.2 Å². The van der Waals surface area contributed by atoms with Crippen LogP contribution in [-0.4, -0.2) is 21.8 Å². The van der Waals surface area contributed by atoms with Crippen LogP contribution in [0.25, 0.3) is 11.3 Å². The average molecular weight is 336 g/mol. The summed E-state index contributed by atoms with van der Waals surface area (Å²) >= 11 is 0. The maximum absolute atomic E-state index is 13.0. The van der Waals surface area contributed by atoms with Gasteiger partial charge in [0.05, 0.1) is 11.4 Å². The molecule has 2 aromatic carbocycles. The van der Waals surface area contributed by atoms with Gasteiger partial charge in [0.15, 0.2) is 0 Å². The fourth-order valence-corrected chi connectivity index (χ4v) is 2.26. The summed E-state index contributed by atoms with van der Waals surface area (Å²) in [5, 5.41) is 10.9. The Morgan fingerprint density at radius 2 is 1.80 bits per heavy atom. The smallest absolute Gasteiger partial charge is 0.272 e. The molecule has 5 nitrogen and oxygen atoms in total. The number of halogens is 1. The summed E-state index contributed by atoms with van der Waals surface area (Å²) in [7, 11) is 0. The normalized spacial score (nSPS) is 11.4. The number of nitrogens with zero attached hydrogens (tertiary/aromatic N) is 2. The standard InChI is InChI=1S/C19H17FN4O/c1-12-3-5-14(6-4-12)13(2)21-24-19(25)18-11-17(22-23-18)15-7-9-16(20)10-8-15/h3-11H,1-2H3,(H,22,23)(H,24,25)/b21-13-. The maximum Gasteiger partial charge on any atom is 0.289 e. The van der Waals surface area contributed by atoms with E-state index in [2.05, 4.69) is 20.7 Å². The van der Waals surface area contributed by atoms with Gasteiger partial charge in [-0.25, -0.2) is 9.82 Å². The predicted molar refractivity (Wildman–Crippen MR) is 94.8 cm³/mol. The third-order valence-corrected chi connectivity index (χ3v) is 3.76. The molecule has 6 heteroatoms. The van der Waals surface area contributed by atoms with E-state index in [1.54, 1.807) is 18.2 Å². The third-order valence-electron chi connectivity index (χ3n) is 3.76. The van der Waals surface area contributed by atoms with E-state index >= 15 is 0 Å². The summed E-state index contributed by atoms with van der Waals surface area (Å²) in [4.78, 5) is 12.2. The minimum atomic E-state index is -0.396. The first kappa shape index (κ1) is 16.6. The van der Waals surface area contributed by atoms with E-state index in [1.807, 2.05) is 38.1 Å². The number of hydrogen-bond donors (Lipinski definition) is 2. The molecule has 0 saturated heterocycles. The minimum Gasteiger partial charge on any atom is -0.272 e. The van der Waals surface area contributed by atoms with Crippen LogP contribution in [0.5, 0.6) is 0 Å². The molecule has 1 heterocycles. The van der Waals surface area contributed by atoms with Gasteiger partial charge in [0, 0.05) is 5.56 Å². The molecule has 0 unspecified atom stereocenters. The molecule has 1 amide bonds. The molecule has 0 atom stereocenters. The number of rotatable bonds is 4. The van der Waals surface area contributed by atoms with Gasteiger partial charge >= 0.3 is 0 Å². The van der Waals surface area contributed by atoms with Crippen LogP contribution in [0.4, 0.5) is 4.39 Å². The van der Waals surface area contributed by atoms with Gasteiger partial charge in [-0.05, 0) is 49.7 Å². The summed E-state index contributed by atoms with van der Waals surface area (Å²) in [6.07, 6.45) is 0. The highest BCUT2D eigenvalue weighted by Gasteiger charge is 2.11. The van der Waals surface area contributed by atoms with Gasteiger partial charge in [-0.2, -0.15) is 10.2 Å². The van der Waals surface area contributed by atoms with Gasteiger partial charge in [0.1, 0.15) is 11.5 Å². The second-order valence-corrected chi connectivity index (χ2v) is 5.68. The minimum absolute atomic E-state index is 0.278. The Morgan fingerprint density at radius 3 is 2.48 bits per heavy atom. The van der Waals surface area contributed by atoms with E-state index in [1.165, 1.54) is 12.1 Å². The van der Waals surface area contributed by atoms with E-state index in [0.717, 1.165) is 16.7 Å². The van der Waals surface area contributed by atoms with Crippen LogP contribution in [0.15, 0.2) is 59.7 Å². The highest BCUT2D eigenvalue weighted by molar-refractivity contribution is 6.00. The van der Waals surface area contributed by atoms with Gasteiger partial charge in [-0.15, -0.1) is 0 Å². The number of carbonyl (C=O) groups is 1. The summed E-state index contributed by atoms with van der Waals surface area (Å²) < 4.78 is 13.0. The Kier molecular flexibility index (Phi) is 4.70. The second kappa shape index (κ2) is 7.09. The monoisotopic (exact) mass is 336 g/mol. The van der Waals surface area contributed by atoms with Crippen molar-refractivity contribution in [2.24, 2.45) is 5.10 Å². The van der Waals surface area contributed by atoms with E-state index in [9.17, 15) is 9.18 Å². The van der Waals surface area contributed by atoms with Crippen LogP contribution < -0.4 is 5.43 Å². The van der Waals surface area contributed by atoms with Gasteiger partial charge < -0.3 is 0 Å². The molecular formula is C19H17FN4O. The number of amides is 1. The Bertz CT molecular complexity index is 911. The number of nitrogens with one attached hydrogen (secondary N) is 2. The molecule has 0 aliphatic heterocycles. The molecule has 0 aliphatic carbocycles. The topological polar surface area (TPSA) is 70.1 Å². The number of hydrazone groups is 1. The maximum atomic E-state index is 13.0. The number of aromatic amines is 1. The Labute approximate surface area is 144 Å². The Balaban J connectivity index is 1.70. The van der Waals surface area contributed by atoms with Gasteiger partial charge in [-0.1, -0.05) is 29.8 Å². The number of carbonyl (C=O) groups excluding carboxylic acids is 1. The number of benzene rings is 2. The largest absolute Gasteiger partial charge is 0.289 e. The fourth-order valence-electron chi connectivity index (χ4n) is 2.26. The highest BCUT2D eigenvalue weighted by atomic mass is 19.1. The molecule has 3 aromatic rings. The lowest BCUT2D eigenvalue weighted by Gasteiger charge is -2.02. The first-order valence-electron chi connectivity index (χ1n) is 7.76. The molecule has 3 rings (SSSR count). The Hall–Kier alpha value is -3.28. The van der Waals surface area contributed by atoms with E-state index in [-0.39, 0.29) is 11.5 Å². The fraction of sp³-hybridized carbons (Fsp3) is 0.105. The zero-order chi connectivity index (χ0) is 17.8. The van der Waals surface area contributed by atoms with E-state index < -0.39 is 5.91 Å². The molecule has 0 fully saturated rings. The number of aryl methyl sites for hydroxylation is 1. The molecule has 25 heavy (non-hydrogen) atoms. The van der Waals surface area contributed by atoms with Crippen LogP contribution in [0.2, 0.25) is 0 Å². The van der Waals surface area contributed by atoms with Gasteiger partial charge in [-0.3, -0.25) is 9.89 Å². The quantitative estimate of drug-likeness (QED) is 0.564. The first-order chi connectivity index (χ1) is 12.0. The van der Waals surface area contributed by atoms with Crippen molar-refractivity contribution in [2.45, 2.75) is 13.8 Å². The predicted octanol–water partition coefficient (Wildman–Crippen LogP) is 3.68. The van der Waals surface area contributed by atoms with Crippen LogP contribution in [0, 0.1) is 12.7 Å². The second-order valence-electron chi connectivity index (χ2n) is 5.68. The Morgan fingerprint density at radius 1 is 1.12 bits per heavy atom. The van der Waals surface area contributed by atoms with Crippen molar-refractivity contribution in [1.82, 2.24) is 15.6 Å². The van der Waals surface area contributed by atoms with Crippen LogP contribution >= 0.6 is 0 Å². The summed E-state index contributed by atoms with van der Waals surface area (Å²) in [5.41, 5.74) is 6.85. The molecule has 1 aromatic heterocycles. The molecule has 0 spiro atoms. The molecule has 0 aliphatic rings. The highest BCUT2D eigenvalue weighted by Crippen LogP contribution is 2.18. The molecule has 0 saturated carbocycles. The first-order valence-corrected chi connectivity index (χ1v) is 7.76. The van der Waals surface area contributed by atoms with Crippen molar-refractivity contribution in [3.63, 3.8) is 0 Å². The van der Waals surface area contributed by atoms with Crippen LogP contribution in [0.3, 0.4) is 0 Å². The molecule has 0 radical (unpaired) electrons. The summed E-state index contributed by atoms with van der Waals surface area (Å²) in [5.74, 6) is -0.717. The SMILES string of the molecule is C/C(=N/NC(=O)c1cc(-c2ccc(F)cc2)n[nH]1)c1ccc(C)cc1. The van der Waals surface area contributed by atoms with E-state index in [0.29, 0.717) is 11.4 Å². The van der Waals surface area contributed by atoms with Gasteiger partial charge in [0.2, 0.25) is 0 Å². The zero-order valence-electron chi connectivity index (χ0n) is 13.9. The van der Waals surface area contributed by atoms with Crippen molar-refractivity contribution in [2.75, 3.05) is 0 Å². The van der Waals surface area contributed by atoms with Gasteiger partial charge in [0.25, 0.3) is 5.91 Å². The van der Waals surface area contributed by atoms with Crippen molar-refractivity contribution < 1.29 is 9.18 Å². The third kappa shape index (κ3) is 3.98. The summed E-state index contributed by atoms with van der Waals surface area (Å²) in [6.45, 7) is 3.83. The lowest BCUT2D eigenvalue weighted by Crippen LogP contribution is -2.19. The van der Waals surface area contributed by atoms with Crippen molar-refractivity contribution in [1.29, 1.82) is 0 Å².